The molecule has 0 radical (unpaired) electrons. The molecule has 3 saturated heterocycles. The Kier molecular flexibility index (Phi) is 15.9. The number of nitrogens with zero attached hydrogens (tertiary/aromatic N) is 4. The van der Waals surface area contributed by atoms with E-state index in [0.29, 0.717) is 82.6 Å². The van der Waals surface area contributed by atoms with Gasteiger partial charge in [0.05, 0.1) is 39.0 Å². The first-order valence-corrected chi connectivity index (χ1v) is 29.5. The highest BCUT2D eigenvalue weighted by molar-refractivity contribution is 5.97. The lowest BCUT2D eigenvalue weighted by atomic mass is 9.47. The van der Waals surface area contributed by atoms with Crippen molar-refractivity contribution in [2.45, 2.75) is 158 Å². The lowest BCUT2D eigenvalue weighted by Gasteiger charge is -2.63. The zero-order valence-corrected chi connectivity index (χ0v) is 48.9. The molecule has 1 aromatic heterocycles. The first kappa shape index (κ1) is 57.5. The summed E-state index contributed by atoms with van der Waals surface area (Å²) in [5.41, 5.74) is 1.64. The van der Waals surface area contributed by atoms with Crippen molar-refractivity contribution in [1.29, 1.82) is 0 Å². The van der Waals surface area contributed by atoms with Gasteiger partial charge in [0.15, 0.2) is 6.10 Å². The molecule has 3 unspecified atom stereocenters. The first-order chi connectivity index (χ1) is 38.4. The minimum Gasteiger partial charge on any atom is -0.496 e. The number of aliphatic hydroxyl groups is 2. The molecule has 11 atom stereocenters. The zero-order chi connectivity index (χ0) is 57.1. The van der Waals surface area contributed by atoms with Crippen LogP contribution in [0.3, 0.4) is 0 Å². The van der Waals surface area contributed by atoms with Crippen LogP contribution in [0.2, 0.25) is 0 Å². The summed E-state index contributed by atoms with van der Waals surface area (Å²) in [5.74, 6) is -1.39. The summed E-state index contributed by atoms with van der Waals surface area (Å²) in [6, 6.07) is 17.1. The van der Waals surface area contributed by atoms with Crippen molar-refractivity contribution in [2.75, 3.05) is 84.4 Å². The van der Waals surface area contributed by atoms with Gasteiger partial charge >= 0.3 is 17.9 Å². The number of carbonyl (C=O) groups excluding carboxylic acids is 4. The summed E-state index contributed by atoms with van der Waals surface area (Å²) in [6.45, 7) is 17.0. The number of hydrogen-bond acceptors (Lipinski definition) is 14. The second-order valence-electron chi connectivity index (χ2n) is 24.4. The summed E-state index contributed by atoms with van der Waals surface area (Å²) >= 11 is 0. The smallest absolute Gasteiger partial charge is 0.344 e. The van der Waals surface area contributed by atoms with E-state index < -0.39 is 57.5 Å². The Morgan fingerprint density at radius 2 is 1.61 bits per heavy atom. The maximum atomic E-state index is 15.3. The van der Waals surface area contributed by atoms with E-state index in [0.717, 1.165) is 76.2 Å². The number of nitrogens with one attached hydrogen (secondary N) is 2. The number of piperidine rings is 2. The molecular formula is C64H86N6O10. The number of aromatic nitrogens is 1. The number of aryl methyl sites for hydroxylation is 2. The highest BCUT2D eigenvalue weighted by atomic mass is 16.6. The van der Waals surface area contributed by atoms with Crippen LogP contribution in [-0.2, 0) is 50.6 Å². The third-order valence-electron chi connectivity index (χ3n) is 20.0. The van der Waals surface area contributed by atoms with E-state index in [1.807, 2.05) is 56.1 Å². The molecule has 80 heavy (non-hydrogen) atoms. The molecule has 432 valence electrons. The van der Waals surface area contributed by atoms with Crippen molar-refractivity contribution < 1.29 is 48.3 Å². The van der Waals surface area contributed by atoms with Crippen LogP contribution >= 0.6 is 0 Å². The molecule has 11 rings (SSSR count). The molecule has 4 aromatic rings. The summed E-state index contributed by atoms with van der Waals surface area (Å²) in [6.07, 6.45) is 11.7. The van der Waals surface area contributed by atoms with E-state index in [2.05, 4.69) is 82.2 Å². The average Bonchev–Trinajstić information content (AvgIpc) is 4.09. The monoisotopic (exact) mass is 1100 g/mol. The largest absolute Gasteiger partial charge is 0.496 e. The van der Waals surface area contributed by atoms with Crippen molar-refractivity contribution in [3.63, 3.8) is 0 Å². The third-order valence-corrected chi connectivity index (χ3v) is 20.0. The first-order valence-electron chi connectivity index (χ1n) is 29.5. The number of methoxy groups -OCH3 is 3. The highest BCUT2D eigenvalue weighted by Gasteiger charge is 2.80. The number of esters is 3. The van der Waals surface area contributed by atoms with Crippen molar-refractivity contribution in [1.82, 2.24) is 19.7 Å². The number of para-hydroxylation sites is 2. The fourth-order valence-corrected chi connectivity index (χ4v) is 16.6. The molecule has 1 aliphatic carbocycles. The van der Waals surface area contributed by atoms with Gasteiger partial charge in [-0.2, -0.15) is 0 Å². The van der Waals surface area contributed by atoms with Gasteiger partial charge in [-0.3, -0.25) is 29.1 Å². The predicted molar refractivity (Wildman–Crippen MR) is 309 cm³/mol. The Labute approximate surface area is 472 Å². The maximum Gasteiger partial charge on any atom is 0.344 e. The highest BCUT2D eigenvalue weighted by Crippen LogP contribution is 2.68. The molecule has 7 heterocycles. The van der Waals surface area contributed by atoms with Crippen LogP contribution in [0.15, 0.2) is 66.7 Å². The number of anilines is 2. The summed E-state index contributed by atoms with van der Waals surface area (Å²) in [7, 11) is 6.15. The number of hydrogen-bond donors (Lipinski definition) is 4. The average molecular weight is 1100 g/mol. The predicted octanol–water partition coefficient (Wildman–Crippen LogP) is 7.89. The summed E-state index contributed by atoms with van der Waals surface area (Å²) < 4.78 is 23.9. The minimum atomic E-state index is -2.30. The second-order valence-corrected chi connectivity index (χ2v) is 24.4. The second kappa shape index (κ2) is 22.2. The van der Waals surface area contributed by atoms with Crippen molar-refractivity contribution in [2.24, 2.45) is 11.3 Å². The van der Waals surface area contributed by atoms with Crippen LogP contribution < -0.4 is 15.0 Å². The van der Waals surface area contributed by atoms with Gasteiger partial charge in [0, 0.05) is 96.6 Å². The standard InChI is InChI=1S/C46H58N4O9.C18H28N2O/c1-8-42(54)23-28-24-45(40(52)57-6,36-30(15-19-49(25-28)26-42)29-13-10-11-14-33(29)47-36)32-21-31-34(22-35(32)56-5)48(4)38-44(31)17-20-50-18-12-16-43(9-2,37(44)50)39(59-27(3)51)46(38,55)41(53)58-7;1-4-5-12-20-13-7-6-11-16(20)18(21)19-17-14(2)9-8-10-15(17)3/h10-14,16,21-22,28,37-39,47,54-55H,8-9,15,17-20,23-26H2,1-7H3;8-10,16H,4-7,11-13H2,1-3H3,(H,19,21)/t28?,37-,38+,39+,42-,43+,44+,45-,46-;/m0./s1. The normalized spacial score (nSPS) is 32.4. The van der Waals surface area contributed by atoms with Crippen LogP contribution in [0.25, 0.3) is 10.9 Å². The van der Waals surface area contributed by atoms with Gasteiger partial charge in [-0.1, -0.05) is 82.2 Å². The van der Waals surface area contributed by atoms with Crippen LogP contribution in [0.1, 0.15) is 125 Å². The number of likely N-dealkylation sites (tertiary alicyclic amines) is 1. The maximum absolute atomic E-state index is 15.3. The number of likely N-dealkylation sites (N-methyl/N-ethyl adjacent to an activating group) is 1. The Bertz CT molecular complexity index is 3030. The van der Waals surface area contributed by atoms with Crippen molar-refractivity contribution in [3.8, 4) is 5.75 Å². The third kappa shape index (κ3) is 9.05. The number of ether oxygens (including phenoxy) is 4. The van der Waals surface area contributed by atoms with E-state index in [1.165, 1.54) is 40.4 Å². The summed E-state index contributed by atoms with van der Waals surface area (Å²) in [4.78, 5) is 68.2. The molecule has 4 N–H and O–H groups in total. The van der Waals surface area contributed by atoms with E-state index in [4.69, 9.17) is 18.9 Å². The molecule has 1 saturated carbocycles. The van der Waals surface area contributed by atoms with E-state index in [9.17, 15) is 24.6 Å². The van der Waals surface area contributed by atoms with Gasteiger partial charge in [-0.25, -0.2) is 4.79 Å². The molecule has 1 amide bonds. The fourth-order valence-electron chi connectivity index (χ4n) is 16.6. The number of rotatable bonds is 12. The van der Waals surface area contributed by atoms with E-state index in [-0.39, 0.29) is 23.9 Å². The number of fused-ring (bicyclic) bond motifs is 6. The molecular weight excluding hydrogens is 1010 g/mol. The number of amides is 1. The lowest BCUT2D eigenvalue weighted by molar-refractivity contribution is -0.228. The minimum absolute atomic E-state index is 0.0457. The number of H-pyrrole nitrogens is 1. The summed E-state index contributed by atoms with van der Waals surface area (Å²) in [5, 5.41) is 29.5. The van der Waals surface area contributed by atoms with Gasteiger partial charge < -0.3 is 44.4 Å². The van der Waals surface area contributed by atoms with Crippen LogP contribution in [0, 0.1) is 25.2 Å². The van der Waals surface area contributed by atoms with Crippen LogP contribution in [0.4, 0.5) is 11.4 Å². The Balaban J connectivity index is 0.000000288. The van der Waals surface area contributed by atoms with Crippen molar-refractivity contribution >= 4 is 46.1 Å². The molecule has 16 heteroatoms. The van der Waals surface area contributed by atoms with Gasteiger partial charge in [-0.15, -0.1) is 0 Å². The topological polar surface area (TPSA) is 186 Å². The molecule has 7 aliphatic rings. The quantitative estimate of drug-likeness (QED) is 0.0610. The van der Waals surface area contributed by atoms with Gasteiger partial charge in [-0.05, 0) is 132 Å². The SMILES string of the molecule is CCCCN1CCCCC1C(=O)Nc1c(C)cccc1C.CC[C@]1(O)CC2CN(CCc3c([nH]c4ccccc34)[C@@](C(=O)OC)(c3cc4c(cc3OC)N(C)[C@H]3[C@@](O)(C(=O)OC)[C@H](OC(C)=O)[C@]5(CC)C=CCN6CC[C@]43[C@@H]65)C2)C1. The number of aromatic amines is 1. The molecule has 1 spiro atoms. The number of carbonyl (C=O) groups is 4. The molecule has 6 aliphatic heterocycles. The molecule has 2 bridgehead atoms. The van der Waals surface area contributed by atoms with Gasteiger partial charge in [0.2, 0.25) is 11.5 Å². The zero-order valence-electron chi connectivity index (χ0n) is 48.9. The number of unbranched alkanes of at least 4 members (excludes halogenated alkanes) is 1. The molecule has 4 fully saturated rings. The van der Waals surface area contributed by atoms with Gasteiger partial charge in [0.1, 0.15) is 11.2 Å². The van der Waals surface area contributed by atoms with Crippen LogP contribution in [-0.4, -0.2) is 163 Å². The fraction of sp³-hybridized carbons (Fsp3) is 0.594. The van der Waals surface area contributed by atoms with Gasteiger partial charge in [0.25, 0.3) is 0 Å². The van der Waals surface area contributed by atoms with Crippen molar-refractivity contribution in [3.05, 3.63) is 100 Å². The Morgan fingerprint density at radius 1 is 0.863 bits per heavy atom. The Morgan fingerprint density at radius 3 is 2.30 bits per heavy atom. The van der Waals surface area contributed by atoms with E-state index >= 15 is 4.79 Å². The molecule has 3 aromatic carbocycles. The number of benzene rings is 3. The van der Waals surface area contributed by atoms with Crippen LogP contribution in [0.5, 0.6) is 5.75 Å². The Hall–Kier alpha value is -5.78. The van der Waals surface area contributed by atoms with E-state index in [1.54, 1.807) is 7.11 Å². The lowest BCUT2D eigenvalue weighted by Crippen LogP contribution is -2.81. The molecule has 16 nitrogen and oxygen atoms in total.